The summed E-state index contributed by atoms with van der Waals surface area (Å²) in [5.74, 6) is 1.30. The summed E-state index contributed by atoms with van der Waals surface area (Å²) >= 11 is 0. The molecular formula is C14H18N2O2. The van der Waals surface area contributed by atoms with Crippen LogP contribution in [0, 0.1) is 5.92 Å². The van der Waals surface area contributed by atoms with Crippen LogP contribution in [0.25, 0.3) is 0 Å². The molecule has 1 N–H and O–H groups in total. The second kappa shape index (κ2) is 5.67. The molecule has 0 saturated heterocycles. The highest BCUT2D eigenvalue weighted by atomic mass is 16.5. The number of carbonyl (C=O) groups excluding carboxylic acids is 1. The number of amides is 1. The Morgan fingerprint density at radius 3 is 2.61 bits per heavy atom. The summed E-state index contributed by atoms with van der Waals surface area (Å²) in [7, 11) is 1.62. The number of hydrogen-bond donors (Lipinski definition) is 1. The Morgan fingerprint density at radius 2 is 2.06 bits per heavy atom. The van der Waals surface area contributed by atoms with Crippen molar-refractivity contribution in [2.45, 2.75) is 26.2 Å². The molecule has 0 unspecified atom stereocenters. The predicted molar refractivity (Wildman–Crippen MR) is 70.7 cm³/mol. The molecule has 1 aliphatic carbocycles. The van der Waals surface area contributed by atoms with E-state index in [1.165, 1.54) is 12.8 Å². The molecule has 4 nitrogen and oxygen atoms in total. The van der Waals surface area contributed by atoms with Crippen LogP contribution in [0.5, 0.6) is 5.75 Å². The molecule has 0 bridgehead atoms. The fourth-order valence-corrected chi connectivity index (χ4v) is 1.71. The van der Waals surface area contributed by atoms with E-state index in [0.29, 0.717) is 12.3 Å². The van der Waals surface area contributed by atoms with Crippen molar-refractivity contribution >= 4 is 11.6 Å². The lowest BCUT2D eigenvalue weighted by molar-refractivity contribution is -0.120. The van der Waals surface area contributed by atoms with Crippen molar-refractivity contribution in [2.75, 3.05) is 7.11 Å². The molecule has 0 aliphatic heterocycles. The lowest BCUT2D eigenvalue weighted by Gasteiger charge is -2.03. The normalized spacial score (nSPS) is 15.3. The van der Waals surface area contributed by atoms with Gasteiger partial charge in [-0.1, -0.05) is 12.1 Å². The number of rotatable bonds is 5. The van der Waals surface area contributed by atoms with Crippen LogP contribution in [-0.4, -0.2) is 18.7 Å². The van der Waals surface area contributed by atoms with Crippen molar-refractivity contribution < 1.29 is 9.53 Å². The van der Waals surface area contributed by atoms with Gasteiger partial charge in [0.15, 0.2) is 0 Å². The Morgan fingerprint density at radius 1 is 1.39 bits per heavy atom. The minimum absolute atomic E-state index is 0.0832. The van der Waals surface area contributed by atoms with E-state index in [-0.39, 0.29) is 5.91 Å². The van der Waals surface area contributed by atoms with E-state index in [2.05, 4.69) is 10.5 Å². The Bertz CT molecular complexity index is 447. The number of methoxy groups -OCH3 is 1. The first-order valence-electron chi connectivity index (χ1n) is 6.15. The van der Waals surface area contributed by atoms with Gasteiger partial charge in [-0.15, -0.1) is 0 Å². The molecule has 4 heteroatoms. The zero-order valence-corrected chi connectivity index (χ0v) is 10.8. The molecule has 0 spiro atoms. The van der Waals surface area contributed by atoms with E-state index in [1.807, 2.05) is 31.2 Å². The van der Waals surface area contributed by atoms with Crippen molar-refractivity contribution in [2.24, 2.45) is 11.0 Å². The minimum atomic E-state index is -0.0832. The van der Waals surface area contributed by atoms with Crippen molar-refractivity contribution in [1.82, 2.24) is 5.43 Å². The number of nitrogens with zero attached hydrogens (tertiary/aromatic N) is 1. The van der Waals surface area contributed by atoms with E-state index >= 15 is 0 Å². The molecule has 0 radical (unpaired) electrons. The average Bonchev–Trinajstić information content (AvgIpc) is 3.21. The predicted octanol–water partition coefficient (Wildman–Crippen LogP) is 2.14. The highest BCUT2D eigenvalue weighted by Gasteiger charge is 2.24. The fraction of sp³-hybridized carbons (Fsp3) is 0.429. The molecule has 0 atom stereocenters. The molecule has 96 valence electrons. The standard InChI is InChI=1S/C14H18N2O2/c1-10(12-5-6-12)15-16-14(17)9-11-3-7-13(18-2)8-4-11/h3-4,7-8,12H,5-6,9H2,1-2H3,(H,16,17)/b15-10+. The number of carbonyl (C=O) groups is 1. The van der Waals surface area contributed by atoms with Gasteiger partial charge in [0.2, 0.25) is 5.91 Å². The molecule has 1 aromatic rings. The zero-order valence-electron chi connectivity index (χ0n) is 10.8. The van der Waals surface area contributed by atoms with E-state index in [9.17, 15) is 4.79 Å². The Hall–Kier alpha value is -1.84. The highest BCUT2D eigenvalue weighted by molar-refractivity contribution is 5.88. The van der Waals surface area contributed by atoms with Crippen LogP contribution >= 0.6 is 0 Å². The first kappa shape index (κ1) is 12.6. The van der Waals surface area contributed by atoms with Crippen LogP contribution in [0.4, 0.5) is 0 Å². The van der Waals surface area contributed by atoms with E-state index < -0.39 is 0 Å². The largest absolute Gasteiger partial charge is 0.497 e. The zero-order chi connectivity index (χ0) is 13.0. The quantitative estimate of drug-likeness (QED) is 0.639. The third-order valence-corrected chi connectivity index (χ3v) is 3.05. The van der Waals surface area contributed by atoms with Gasteiger partial charge in [0, 0.05) is 5.71 Å². The molecule has 1 saturated carbocycles. The van der Waals surface area contributed by atoms with Gasteiger partial charge in [-0.2, -0.15) is 5.10 Å². The van der Waals surface area contributed by atoms with Crippen molar-refractivity contribution in [3.05, 3.63) is 29.8 Å². The third-order valence-electron chi connectivity index (χ3n) is 3.05. The summed E-state index contributed by atoms with van der Waals surface area (Å²) < 4.78 is 5.06. The van der Waals surface area contributed by atoms with Gasteiger partial charge in [0.1, 0.15) is 5.75 Å². The molecule has 2 rings (SSSR count). The fourth-order valence-electron chi connectivity index (χ4n) is 1.71. The third kappa shape index (κ3) is 3.58. The van der Waals surface area contributed by atoms with Crippen LogP contribution < -0.4 is 10.2 Å². The lowest BCUT2D eigenvalue weighted by atomic mass is 10.1. The van der Waals surface area contributed by atoms with Gasteiger partial charge < -0.3 is 4.74 Å². The monoisotopic (exact) mass is 246 g/mol. The molecule has 1 aliphatic rings. The topological polar surface area (TPSA) is 50.7 Å². The number of nitrogens with one attached hydrogen (secondary N) is 1. The molecule has 1 aromatic carbocycles. The van der Waals surface area contributed by atoms with Gasteiger partial charge in [0.25, 0.3) is 0 Å². The summed E-state index contributed by atoms with van der Waals surface area (Å²) in [6.45, 7) is 1.96. The maximum Gasteiger partial charge on any atom is 0.244 e. The first-order chi connectivity index (χ1) is 8.69. The van der Waals surface area contributed by atoms with Crippen LogP contribution in [0.1, 0.15) is 25.3 Å². The van der Waals surface area contributed by atoms with E-state index in [4.69, 9.17) is 4.74 Å². The van der Waals surface area contributed by atoms with Crippen LogP contribution in [-0.2, 0) is 11.2 Å². The van der Waals surface area contributed by atoms with Gasteiger partial charge >= 0.3 is 0 Å². The summed E-state index contributed by atoms with van der Waals surface area (Å²) in [6, 6.07) is 7.47. The highest BCUT2D eigenvalue weighted by Crippen LogP contribution is 2.30. The molecule has 0 heterocycles. The summed E-state index contributed by atoms with van der Waals surface area (Å²) in [5, 5.41) is 4.11. The minimum Gasteiger partial charge on any atom is -0.497 e. The van der Waals surface area contributed by atoms with Gasteiger partial charge in [-0.05, 0) is 43.4 Å². The number of ether oxygens (including phenoxy) is 1. The molecule has 0 aromatic heterocycles. The number of hydrogen-bond acceptors (Lipinski definition) is 3. The average molecular weight is 246 g/mol. The van der Waals surface area contributed by atoms with Crippen molar-refractivity contribution in [3.8, 4) is 5.75 Å². The second-order valence-electron chi connectivity index (χ2n) is 4.59. The van der Waals surface area contributed by atoms with Crippen molar-refractivity contribution in [3.63, 3.8) is 0 Å². The molecule has 1 fully saturated rings. The second-order valence-corrected chi connectivity index (χ2v) is 4.59. The summed E-state index contributed by atoms with van der Waals surface area (Å²) in [5.41, 5.74) is 4.58. The Kier molecular flexibility index (Phi) is 3.97. The molecule has 1 amide bonds. The maximum atomic E-state index is 11.7. The van der Waals surface area contributed by atoms with E-state index in [0.717, 1.165) is 17.0 Å². The van der Waals surface area contributed by atoms with Crippen LogP contribution in [0.3, 0.4) is 0 Å². The smallest absolute Gasteiger partial charge is 0.244 e. The van der Waals surface area contributed by atoms with Gasteiger partial charge in [0.05, 0.1) is 13.5 Å². The Balaban J connectivity index is 1.84. The van der Waals surface area contributed by atoms with E-state index in [1.54, 1.807) is 7.11 Å². The summed E-state index contributed by atoms with van der Waals surface area (Å²) in [4.78, 5) is 11.7. The lowest BCUT2D eigenvalue weighted by Crippen LogP contribution is -2.21. The number of hydrazone groups is 1. The van der Waals surface area contributed by atoms with Crippen LogP contribution in [0.2, 0.25) is 0 Å². The van der Waals surface area contributed by atoms with Crippen molar-refractivity contribution in [1.29, 1.82) is 0 Å². The molecular weight excluding hydrogens is 228 g/mol. The van der Waals surface area contributed by atoms with Gasteiger partial charge in [-0.25, -0.2) is 5.43 Å². The first-order valence-corrected chi connectivity index (χ1v) is 6.15. The number of benzene rings is 1. The Labute approximate surface area is 107 Å². The summed E-state index contributed by atoms with van der Waals surface area (Å²) in [6.07, 6.45) is 2.73. The van der Waals surface area contributed by atoms with Gasteiger partial charge in [-0.3, -0.25) is 4.79 Å². The van der Waals surface area contributed by atoms with Crippen LogP contribution in [0.15, 0.2) is 29.4 Å². The SMILES string of the molecule is COc1ccc(CC(=O)N/N=C(\C)C2CC2)cc1. The maximum absolute atomic E-state index is 11.7. The molecule has 18 heavy (non-hydrogen) atoms.